The van der Waals surface area contributed by atoms with Crippen LogP contribution in [0, 0.1) is 6.92 Å². The number of carboxylic acid groups (broad SMARTS) is 1. The predicted octanol–water partition coefficient (Wildman–Crippen LogP) is 1.62. The van der Waals surface area contributed by atoms with E-state index in [0.717, 1.165) is 16.5 Å². The lowest BCUT2D eigenvalue weighted by molar-refractivity contribution is -0.134. The van der Waals surface area contributed by atoms with Crippen LogP contribution in [0.1, 0.15) is 5.69 Å². The van der Waals surface area contributed by atoms with Crippen LogP contribution in [-0.4, -0.2) is 22.6 Å². The standard InChI is InChI=1S/C12H13N3O2/c1-7-5-9-8(3-2-4-10(9)13)12(15-7)14-6-11(16)17/h2-5H,6,13H2,1H3,(H,14,15)(H,16,17). The summed E-state index contributed by atoms with van der Waals surface area (Å²) in [5, 5.41) is 13.2. The molecule has 0 aliphatic heterocycles. The lowest BCUT2D eigenvalue weighted by Gasteiger charge is -2.09. The minimum atomic E-state index is -0.926. The van der Waals surface area contributed by atoms with Crippen LogP contribution in [0.25, 0.3) is 10.8 Å². The third-order valence-electron chi connectivity index (χ3n) is 2.44. The number of fused-ring (bicyclic) bond motifs is 1. The molecule has 17 heavy (non-hydrogen) atoms. The molecule has 88 valence electrons. The molecule has 2 aromatic rings. The van der Waals surface area contributed by atoms with E-state index < -0.39 is 5.97 Å². The molecule has 1 heterocycles. The average Bonchev–Trinajstić information content (AvgIpc) is 2.27. The lowest BCUT2D eigenvalue weighted by Crippen LogP contribution is -2.13. The highest BCUT2D eigenvalue weighted by Crippen LogP contribution is 2.26. The first-order valence-electron chi connectivity index (χ1n) is 5.19. The van der Waals surface area contributed by atoms with Gasteiger partial charge in [0.2, 0.25) is 0 Å². The van der Waals surface area contributed by atoms with Crippen molar-refractivity contribution < 1.29 is 9.90 Å². The molecule has 0 radical (unpaired) electrons. The Bertz CT molecular complexity index is 581. The van der Waals surface area contributed by atoms with Gasteiger partial charge in [0, 0.05) is 22.2 Å². The highest BCUT2D eigenvalue weighted by Gasteiger charge is 2.07. The van der Waals surface area contributed by atoms with E-state index in [-0.39, 0.29) is 6.54 Å². The van der Waals surface area contributed by atoms with Crippen molar-refractivity contribution in [3.63, 3.8) is 0 Å². The highest BCUT2D eigenvalue weighted by molar-refractivity contribution is 5.99. The minimum Gasteiger partial charge on any atom is -0.480 e. The normalized spacial score (nSPS) is 10.4. The molecule has 1 aromatic carbocycles. The topological polar surface area (TPSA) is 88.2 Å². The number of carboxylic acids is 1. The predicted molar refractivity (Wildman–Crippen MR) is 67.0 cm³/mol. The largest absolute Gasteiger partial charge is 0.480 e. The quantitative estimate of drug-likeness (QED) is 0.698. The molecule has 0 bridgehead atoms. The molecule has 0 amide bonds. The zero-order valence-corrected chi connectivity index (χ0v) is 9.40. The molecule has 0 saturated heterocycles. The number of rotatable bonds is 3. The van der Waals surface area contributed by atoms with Crippen LogP contribution in [0.4, 0.5) is 11.5 Å². The SMILES string of the molecule is Cc1cc2c(N)cccc2c(NCC(=O)O)n1. The molecule has 5 nitrogen and oxygen atoms in total. The van der Waals surface area contributed by atoms with Crippen LogP contribution in [0.5, 0.6) is 0 Å². The van der Waals surface area contributed by atoms with Gasteiger partial charge in [-0.05, 0) is 19.1 Å². The van der Waals surface area contributed by atoms with E-state index >= 15 is 0 Å². The molecule has 0 aliphatic rings. The number of aryl methyl sites for hydroxylation is 1. The highest BCUT2D eigenvalue weighted by atomic mass is 16.4. The number of benzene rings is 1. The number of pyridine rings is 1. The molecule has 1 aromatic heterocycles. The fraction of sp³-hybridized carbons (Fsp3) is 0.167. The summed E-state index contributed by atoms with van der Waals surface area (Å²) in [4.78, 5) is 14.8. The van der Waals surface area contributed by atoms with Crippen molar-refractivity contribution in [1.29, 1.82) is 0 Å². The molecule has 0 aliphatic carbocycles. The first-order chi connectivity index (χ1) is 8.08. The number of hydrogen-bond donors (Lipinski definition) is 3. The van der Waals surface area contributed by atoms with E-state index in [9.17, 15) is 4.79 Å². The third-order valence-corrected chi connectivity index (χ3v) is 2.44. The lowest BCUT2D eigenvalue weighted by atomic mass is 10.1. The Morgan fingerprint density at radius 2 is 2.24 bits per heavy atom. The van der Waals surface area contributed by atoms with E-state index in [0.29, 0.717) is 11.5 Å². The minimum absolute atomic E-state index is 0.166. The van der Waals surface area contributed by atoms with Crippen LogP contribution in [0.3, 0.4) is 0 Å². The Morgan fingerprint density at radius 1 is 1.47 bits per heavy atom. The number of nitrogen functional groups attached to an aromatic ring is 1. The van der Waals surface area contributed by atoms with Gasteiger partial charge in [-0.1, -0.05) is 12.1 Å². The molecule has 5 heteroatoms. The number of anilines is 2. The summed E-state index contributed by atoms with van der Waals surface area (Å²) in [6.45, 7) is 1.68. The van der Waals surface area contributed by atoms with Gasteiger partial charge >= 0.3 is 5.97 Å². The summed E-state index contributed by atoms with van der Waals surface area (Å²) in [5.74, 6) is -0.375. The van der Waals surface area contributed by atoms with Crippen LogP contribution in [0.2, 0.25) is 0 Å². The molecule has 2 rings (SSSR count). The molecule has 0 atom stereocenters. The Balaban J connectivity index is 2.54. The number of carbonyl (C=O) groups is 1. The van der Waals surface area contributed by atoms with Gasteiger partial charge in [-0.25, -0.2) is 4.98 Å². The van der Waals surface area contributed by atoms with Gasteiger partial charge in [0.15, 0.2) is 0 Å². The summed E-state index contributed by atoms with van der Waals surface area (Å²) >= 11 is 0. The summed E-state index contributed by atoms with van der Waals surface area (Å²) < 4.78 is 0. The number of nitrogens with one attached hydrogen (secondary N) is 1. The number of nitrogens with zero attached hydrogens (tertiary/aromatic N) is 1. The molecule has 4 N–H and O–H groups in total. The van der Waals surface area contributed by atoms with Crippen molar-refractivity contribution >= 4 is 28.2 Å². The zero-order valence-electron chi connectivity index (χ0n) is 9.40. The second-order valence-corrected chi connectivity index (χ2v) is 3.80. The van der Waals surface area contributed by atoms with Crippen molar-refractivity contribution in [1.82, 2.24) is 4.98 Å². The van der Waals surface area contributed by atoms with Gasteiger partial charge in [0.05, 0.1) is 0 Å². The molecule has 0 fully saturated rings. The van der Waals surface area contributed by atoms with Crippen molar-refractivity contribution in [3.8, 4) is 0 Å². The van der Waals surface area contributed by atoms with Crippen LogP contribution < -0.4 is 11.1 Å². The first kappa shape index (κ1) is 11.2. The first-order valence-corrected chi connectivity index (χ1v) is 5.19. The van der Waals surface area contributed by atoms with Crippen molar-refractivity contribution in [2.45, 2.75) is 6.92 Å². The smallest absolute Gasteiger partial charge is 0.322 e. The fourth-order valence-electron chi connectivity index (χ4n) is 1.72. The molecular weight excluding hydrogens is 218 g/mol. The fourth-order valence-corrected chi connectivity index (χ4v) is 1.72. The van der Waals surface area contributed by atoms with E-state index in [1.165, 1.54) is 0 Å². The number of aromatic nitrogens is 1. The average molecular weight is 231 g/mol. The van der Waals surface area contributed by atoms with Gasteiger partial charge < -0.3 is 16.2 Å². The Hall–Kier alpha value is -2.30. The Morgan fingerprint density at radius 3 is 2.94 bits per heavy atom. The van der Waals surface area contributed by atoms with Gasteiger partial charge in [0.25, 0.3) is 0 Å². The van der Waals surface area contributed by atoms with Crippen molar-refractivity contribution in [3.05, 3.63) is 30.0 Å². The van der Waals surface area contributed by atoms with Gasteiger partial charge in [-0.15, -0.1) is 0 Å². The van der Waals surface area contributed by atoms with Crippen molar-refractivity contribution in [2.75, 3.05) is 17.6 Å². The zero-order chi connectivity index (χ0) is 12.4. The van der Waals surface area contributed by atoms with E-state index in [1.54, 1.807) is 0 Å². The van der Waals surface area contributed by atoms with Crippen LogP contribution in [-0.2, 0) is 4.79 Å². The van der Waals surface area contributed by atoms with Gasteiger partial charge in [-0.2, -0.15) is 0 Å². The van der Waals surface area contributed by atoms with E-state index in [1.807, 2.05) is 31.2 Å². The second-order valence-electron chi connectivity index (χ2n) is 3.80. The molecule has 0 saturated carbocycles. The summed E-state index contributed by atoms with van der Waals surface area (Å²) in [6.07, 6.45) is 0. The maximum atomic E-state index is 10.5. The number of hydrogen-bond acceptors (Lipinski definition) is 4. The molecular formula is C12H13N3O2. The van der Waals surface area contributed by atoms with Crippen LogP contribution in [0.15, 0.2) is 24.3 Å². The number of nitrogens with two attached hydrogens (primary N) is 1. The second kappa shape index (κ2) is 4.29. The molecule has 0 unspecified atom stereocenters. The van der Waals surface area contributed by atoms with Crippen LogP contribution >= 0.6 is 0 Å². The number of aliphatic carboxylic acids is 1. The summed E-state index contributed by atoms with van der Waals surface area (Å²) in [5.41, 5.74) is 7.33. The molecule has 0 spiro atoms. The van der Waals surface area contributed by atoms with Crippen molar-refractivity contribution in [2.24, 2.45) is 0 Å². The Labute approximate surface area is 98.3 Å². The monoisotopic (exact) mass is 231 g/mol. The summed E-state index contributed by atoms with van der Waals surface area (Å²) in [6, 6.07) is 7.38. The maximum Gasteiger partial charge on any atom is 0.322 e. The maximum absolute atomic E-state index is 10.5. The van der Waals surface area contributed by atoms with E-state index in [2.05, 4.69) is 10.3 Å². The summed E-state index contributed by atoms with van der Waals surface area (Å²) in [7, 11) is 0. The van der Waals surface area contributed by atoms with E-state index in [4.69, 9.17) is 10.8 Å². The Kier molecular flexibility index (Phi) is 2.82. The van der Waals surface area contributed by atoms with Gasteiger partial charge in [0.1, 0.15) is 12.4 Å². The third kappa shape index (κ3) is 2.28. The van der Waals surface area contributed by atoms with Gasteiger partial charge in [-0.3, -0.25) is 4.79 Å².